The second kappa shape index (κ2) is 10.9. The number of unbranched alkanes of at least 4 members (excludes halogenated alkanes) is 4. The van der Waals surface area contributed by atoms with Gasteiger partial charge in [0, 0.05) is 12.3 Å². The van der Waals surface area contributed by atoms with Crippen molar-refractivity contribution in [3.63, 3.8) is 0 Å². The van der Waals surface area contributed by atoms with Crippen LogP contribution in [0, 0.1) is 23.7 Å². The predicted molar refractivity (Wildman–Crippen MR) is 96.7 cm³/mol. The number of hydrogen-bond acceptors (Lipinski definition) is 1. The van der Waals surface area contributed by atoms with Gasteiger partial charge < -0.3 is 5.11 Å². The first-order valence-corrected chi connectivity index (χ1v) is 9.54. The van der Waals surface area contributed by atoms with E-state index in [2.05, 4.69) is 38.7 Å². The SMILES string of the molecule is CCCCC#CC(O)(/C=C/CCCC)[C@H](C)C1CCCCC1. The Morgan fingerprint density at radius 1 is 1.14 bits per heavy atom. The molecule has 0 spiro atoms. The third-order valence-electron chi connectivity index (χ3n) is 5.09. The van der Waals surface area contributed by atoms with Crippen LogP contribution in [0.2, 0.25) is 0 Å². The lowest BCUT2D eigenvalue weighted by Gasteiger charge is -2.35. The highest BCUT2D eigenvalue weighted by atomic mass is 16.3. The molecule has 2 atom stereocenters. The van der Waals surface area contributed by atoms with Crippen molar-refractivity contribution < 1.29 is 5.11 Å². The van der Waals surface area contributed by atoms with E-state index in [-0.39, 0.29) is 5.92 Å². The average Bonchev–Trinajstić information content (AvgIpc) is 2.56. The van der Waals surface area contributed by atoms with E-state index in [4.69, 9.17) is 0 Å². The maximum atomic E-state index is 11.2. The fourth-order valence-electron chi connectivity index (χ4n) is 3.36. The molecule has 1 heteroatoms. The van der Waals surface area contributed by atoms with E-state index in [1.54, 1.807) is 0 Å². The molecule has 1 aliphatic rings. The summed E-state index contributed by atoms with van der Waals surface area (Å²) in [5.41, 5.74) is -0.927. The first kappa shape index (κ1) is 19.3. The van der Waals surface area contributed by atoms with Gasteiger partial charge in [-0.05, 0) is 24.8 Å². The topological polar surface area (TPSA) is 20.2 Å². The van der Waals surface area contributed by atoms with Crippen molar-refractivity contribution in [2.75, 3.05) is 0 Å². The number of aliphatic hydroxyl groups is 1. The number of hydrogen-bond donors (Lipinski definition) is 1. The molecule has 0 bridgehead atoms. The van der Waals surface area contributed by atoms with E-state index in [0.717, 1.165) is 25.7 Å². The lowest BCUT2D eigenvalue weighted by molar-refractivity contribution is 0.0483. The van der Waals surface area contributed by atoms with Gasteiger partial charge in [-0.2, -0.15) is 0 Å². The molecular weight excluding hydrogens is 268 g/mol. The van der Waals surface area contributed by atoms with Crippen molar-refractivity contribution in [3.05, 3.63) is 12.2 Å². The van der Waals surface area contributed by atoms with Gasteiger partial charge >= 0.3 is 0 Å². The monoisotopic (exact) mass is 304 g/mol. The molecule has 0 aliphatic heterocycles. The maximum Gasteiger partial charge on any atom is 0.146 e. The highest BCUT2D eigenvalue weighted by Gasteiger charge is 2.35. The largest absolute Gasteiger partial charge is 0.374 e. The van der Waals surface area contributed by atoms with Gasteiger partial charge in [-0.3, -0.25) is 0 Å². The van der Waals surface area contributed by atoms with E-state index in [1.807, 2.05) is 6.08 Å². The quantitative estimate of drug-likeness (QED) is 0.337. The molecule has 1 N–H and O–H groups in total. The summed E-state index contributed by atoms with van der Waals surface area (Å²) in [5, 5.41) is 11.2. The fourth-order valence-corrected chi connectivity index (χ4v) is 3.36. The Bertz CT molecular complexity index is 367. The van der Waals surface area contributed by atoms with Crippen molar-refractivity contribution in [1.82, 2.24) is 0 Å². The van der Waals surface area contributed by atoms with E-state index in [1.165, 1.54) is 44.9 Å². The average molecular weight is 305 g/mol. The lowest BCUT2D eigenvalue weighted by Crippen LogP contribution is -2.38. The van der Waals surface area contributed by atoms with Gasteiger partial charge in [0.1, 0.15) is 5.60 Å². The number of allylic oxidation sites excluding steroid dienone is 1. The van der Waals surface area contributed by atoms with Gasteiger partial charge in [0.25, 0.3) is 0 Å². The molecule has 126 valence electrons. The summed E-state index contributed by atoms with van der Waals surface area (Å²) in [4.78, 5) is 0. The normalized spacial score (nSPS) is 20.4. The van der Waals surface area contributed by atoms with Crippen LogP contribution >= 0.6 is 0 Å². The molecular formula is C21H36O. The van der Waals surface area contributed by atoms with Crippen LogP contribution in [0.25, 0.3) is 0 Å². The molecule has 0 aromatic carbocycles. The van der Waals surface area contributed by atoms with Crippen LogP contribution in [0.3, 0.4) is 0 Å². The van der Waals surface area contributed by atoms with Crippen molar-refractivity contribution in [2.24, 2.45) is 11.8 Å². The molecule has 1 nitrogen and oxygen atoms in total. The summed E-state index contributed by atoms with van der Waals surface area (Å²) in [6, 6.07) is 0. The van der Waals surface area contributed by atoms with Crippen molar-refractivity contribution >= 4 is 0 Å². The number of rotatable bonds is 8. The first-order valence-electron chi connectivity index (χ1n) is 9.54. The van der Waals surface area contributed by atoms with Gasteiger partial charge in [-0.1, -0.05) is 90.1 Å². The molecule has 1 fully saturated rings. The molecule has 1 unspecified atom stereocenters. The summed E-state index contributed by atoms with van der Waals surface area (Å²) in [5.74, 6) is 7.32. The van der Waals surface area contributed by atoms with Gasteiger partial charge in [0.15, 0.2) is 0 Å². The second-order valence-corrected chi connectivity index (χ2v) is 6.96. The smallest absolute Gasteiger partial charge is 0.146 e. The minimum Gasteiger partial charge on any atom is -0.374 e. The summed E-state index contributed by atoms with van der Waals surface area (Å²) >= 11 is 0. The minimum absolute atomic E-state index is 0.236. The summed E-state index contributed by atoms with van der Waals surface area (Å²) in [7, 11) is 0. The van der Waals surface area contributed by atoms with Crippen molar-refractivity contribution in [1.29, 1.82) is 0 Å². The van der Waals surface area contributed by atoms with Gasteiger partial charge in [0.05, 0.1) is 0 Å². The summed E-state index contributed by atoms with van der Waals surface area (Å²) in [6.07, 6.45) is 17.3. The van der Waals surface area contributed by atoms with E-state index in [9.17, 15) is 5.11 Å². The first-order chi connectivity index (χ1) is 10.6. The van der Waals surface area contributed by atoms with Crippen LogP contribution in [0.5, 0.6) is 0 Å². The Labute approximate surface area is 138 Å². The fraction of sp³-hybridized carbons (Fsp3) is 0.810. The molecule has 0 amide bonds. The summed E-state index contributed by atoms with van der Waals surface area (Å²) < 4.78 is 0. The third kappa shape index (κ3) is 6.57. The Morgan fingerprint density at radius 2 is 1.82 bits per heavy atom. The van der Waals surface area contributed by atoms with Crippen LogP contribution in [-0.4, -0.2) is 10.7 Å². The van der Waals surface area contributed by atoms with Crippen molar-refractivity contribution in [2.45, 2.75) is 97.0 Å². The molecule has 0 radical (unpaired) electrons. The molecule has 0 aromatic heterocycles. The maximum absolute atomic E-state index is 11.2. The Hall–Kier alpha value is -0.740. The van der Waals surface area contributed by atoms with Crippen molar-refractivity contribution in [3.8, 4) is 11.8 Å². The van der Waals surface area contributed by atoms with E-state index >= 15 is 0 Å². The lowest BCUT2D eigenvalue weighted by atomic mass is 9.73. The zero-order valence-electron chi connectivity index (χ0n) is 15.0. The van der Waals surface area contributed by atoms with Crippen LogP contribution in [0.1, 0.15) is 91.4 Å². The molecule has 22 heavy (non-hydrogen) atoms. The summed E-state index contributed by atoms with van der Waals surface area (Å²) in [6.45, 7) is 6.59. The molecule has 0 aromatic rings. The van der Waals surface area contributed by atoms with E-state index < -0.39 is 5.60 Å². The molecule has 0 saturated heterocycles. The Kier molecular flexibility index (Phi) is 9.56. The Morgan fingerprint density at radius 3 is 2.45 bits per heavy atom. The molecule has 0 heterocycles. The Balaban J connectivity index is 2.77. The molecule has 1 rings (SSSR count). The van der Waals surface area contributed by atoms with Crippen LogP contribution < -0.4 is 0 Å². The highest BCUT2D eigenvalue weighted by molar-refractivity contribution is 5.25. The standard InChI is InChI=1S/C21H36O/c1-4-6-8-13-17-21(22,18-14-9-7-5-2)19(3)20-15-11-10-12-16-20/h13,17,19-20,22H,4-12,15-16H2,1-3H3/b17-13+/t19-,21?/m1/s1. The second-order valence-electron chi connectivity index (χ2n) is 6.96. The van der Waals surface area contributed by atoms with Crippen LogP contribution in [0.4, 0.5) is 0 Å². The highest BCUT2D eigenvalue weighted by Crippen LogP contribution is 2.36. The third-order valence-corrected chi connectivity index (χ3v) is 5.09. The van der Waals surface area contributed by atoms with Crippen LogP contribution in [0.15, 0.2) is 12.2 Å². The van der Waals surface area contributed by atoms with E-state index in [0.29, 0.717) is 5.92 Å². The zero-order valence-corrected chi connectivity index (χ0v) is 15.0. The van der Waals surface area contributed by atoms with Gasteiger partial charge in [-0.15, -0.1) is 0 Å². The van der Waals surface area contributed by atoms with Gasteiger partial charge in [0.2, 0.25) is 0 Å². The zero-order chi connectivity index (χ0) is 16.3. The van der Waals surface area contributed by atoms with Crippen LogP contribution in [-0.2, 0) is 0 Å². The molecule has 1 aliphatic carbocycles. The minimum atomic E-state index is -0.927. The van der Waals surface area contributed by atoms with Gasteiger partial charge in [-0.25, -0.2) is 0 Å². The predicted octanol–water partition coefficient (Wildman–Crippen LogP) is 5.87. The molecule has 1 saturated carbocycles.